The number of H-pyrrole nitrogens is 1. The van der Waals surface area contributed by atoms with Crippen molar-refractivity contribution in [1.82, 2.24) is 20.9 Å². The number of fused-ring (bicyclic) bond motifs is 1. The normalized spacial score (nSPS) is 13.7. The van der Waals surface area contributed by atoms with Crippen molar-refractivity contribution >= 4 is 46.5 Å². The Morgan fingerprint density at radius 2 is 1.49 bits per heavy atom. The molecule has 0 aliphatic carbocycles. The van der Waals surface area contributed by atoms with Gasteiger partial charge >= 0.3 is 11.9 Å². The van der Waals surface area contributed by atoms with Gasteiger partial charge in [0.2, 0.25) is 17.7 Å². The summed E-state index contributed by atoms with van der Waals surface area (Å²) in [5.74, 6) is -5.05. The maximum Gasteiger partial charge on any atom is 0.326 e. The highest BCUT2D eigenvalue weighted by atomic mass is 16.4. The molecule has 3 amide bonds. The summed E-state index contributed by atoms with van der Waals surface area (Å²) >= 11 is 0. The second-order valence-electron chi connectivity index (χ2n) is 10.0. The zero-order valence-corrected chi connectivity index (χ0v) is 23.8. The zero-order valence-electron chi connectivity index (χ0n) is 23.8. The molecule has 0 radical (unpaired) electrons. The number of carbonyl (C=O) groups is 5. The number of guanidine groups is 1. The molecule has 0 bridgehead atoms. The van der Waals surface area contributed by atoms with Gasteiger partial charge in [-0.1, -0.05) is 18.2 Å². The minimum Gasteiger partial charge on any atom is -0.481 e. The number of aliphatic carboxylic acids is 2. The molecule has 0 spiro atoms. The smallest absolute Gasteiger partial charge is 0.326 e. The largest absolute Gasteiger partial charge is 0.481 e. The van der Waals surface area contributed by atoms with Crippen molar-refractivity contribution in [1.29, 1.82) is 0 Å². The third kappa shape index (κ3) is 11.6. The Morgan fingerprint density at radius 1 is 0.860 bits per heavy atom. The van der Waals surface area contributed by atoms with Crippen LogP contribution in [0.5, 0.6) is 0 Å². The molecule has 0 saturated heterocycles. The van der Waals surface area contributed by atoms with E-state index < -0.39 is 60.2 Å². The number of aromatic nitrogens is 1. The number of nitrogens with one attached hydrogen (secondary N) is 4. The molecule has 43 heavy (non-hydrogen) atoms. The van der Waals surface area contributed by atoms with E-state index in [0.717, 1.165) is 10.9 Å². The van der Waals surface area contributed by atoms with Crippen molar-refractivity contribution in [2.45, 2.75) is 69.1 Å². The average Bonchev–Trinajstić information content (AvgIpc) is 3.35. The van der Waals surface area contributed by atoms with Crippen molar-refractivity contribution in [3.63, 3.8) is 0 Å². The van der Waals surface area contributed by atoms with Crippen molar-refractivity contribution in [3.8, 4) is 0 Å². The number of hydrogen-bond donors (Lipinski definition) is 10. The van der Waals surface area contributed by atoms with Gasteiger partial charge in [-0.15, -0.1) is 0 Å². The van der Waals surface area contributed by atoms with Crippen LogP contribution >= 0.6 is 0 Å². The second-order valence-corrected chi connectivity index (χ2v) is 10.0. The summed E-state index contributed by atoms with van der Waals surface area (Å²) in [6.07, 6.45) is 2.44. The van der Waals surface area contributed by atoms with E-state index in [4.69, 9.17) is 28.0 Å². The Labute approximate surface area is 248 Å². The van der Waals surface area contributed by atoms with E-state index in [1.165, 1.54) is 0 Å². The summed E-state index contributed by atoms with van der Waals surface area (Å²) in [6, 6.07) is 2.22. The van der Waals surface area contributed by atoms with Crippen LogP contribution in [0.4, 0.5) is 0 Å². The highest BCUT2D eigenvalue weighted by molar-refractivity contribution is 5.95. The number of aliphatic imine (C=N–C) groups is 1. The predicted molar refractivity (Wildman–Crippen MR) is 158 cm³/mol. The minimum absolute atomic E-state index is 0.01000. The standard InChI is InChI=1S/C27H41N9O7/c28-10-4-3-8-19(34-23(39)17(29)13-22(37)38)24(40)36-21(12-15-14-33-18-7-2-1-6-16(15)18)25(41)35-20(26(42)43)9-5-11-32-27(30)31/h1-2,6-7,14,17,19-21,33H,3-5,8-13,28-29H2,(H,34,39)(H,35,41)(H,36,40)(H,37,38)(H,42,43)(H4,30,31,32). The number of aromatic amines is 1. The van der Waals surface area contributed by atoms with E-state index in [1.807, 2.05) is 24.3 Å². The lowest BCUT2D eigenvalue weighted by molar-refractivity contribution is -0.142. The molecule has 0 aliphatic rings. The molecule has 0 saturated carbocycles. The molecular formula is C27H41N9O7. The average molecular weight is 604 g/mol. The van der Waals surface area contributed by atoms with Gasteiger partial charge in [-0.25, -0.2) is 4.79 Å². The first-order valence-electron chi connectivity index (χ1n) is 13.8. The van der Waals surface area contributed by atoms with Crippen LogP contribution in [0.2, 0.25) is 0 Å². The molecule has 4 unspecified atom stereocenters. The van der Waals surface area contributed by atoms with Gasteiger partial charge in [-0.3, -0.25) is 24.2 Å². The molecule has 1 aromatic carbocycles. The Balaban J connectivity index is 2.30. The fourth-order valence-corrected chi connectivity index (χ4v) is 4.36. The fraction of sp³-hybridized carbons (Fsp3) is 0.481. The number of benzene rings is 1. The van der Waals surface area contributed by atoms with Crippen molar-refractivity contribution in [2.75, 3.05) is 13.1 Å². The molecule has 16 heteroatoms. The van der Waals surface area contributed by atoms with Crippen LogP contribution in [0.1, 0.15) is 44.1 Å². The van der Waals surface area contributed by atoms with Crippen LogP contribution in [-0.4, -0.2) is 88.1 Å². The van der Waals surface area contributed by atoms with Gasteiger partial charge in [-0.2, -0.15) is 0 Å². The van der Waals surface area contributed by atoms with Crippen molar-refractivity contribution < 1.29 is 34.2 Å². The minimum atomic E-state index is -1.40. The van der Waals surface area contributed by atoms with Gasteiger partial charge in [0.05, 0.1) is 12.5 Å². The number of unbranched alkanes of at least 4 members (excludes halogenated alkanes) is 1. The highest BCUT2D eigenvalue weighted by Crippen LogP contribution is 2.19. The molecular weight excluding hydrogens is 562 g/mol. The number of carboxylic acid groups (broad SMARTS) is 2. The Morgan fingerprint density at radius 3 is 2.14 bits per heavy atom. The lowest BCUT2D eigenvalue weighted by atomic mass is 10.0. The maximum absolute atomic E-state index is 13.5. The Kier molecular flexibility index (Phi) is 13.9. The molecule has 16 nitrogen and oxygen atoms in total. The summed E-state index contributed by atoms with van der Waals surface area (Å²) in [5.41, 5.74) is 23.3. The lowest BCUT2D eigenvalue weighted by Crippen LogP contribution is -2.57. The van der Waals surface area contributed by atoms with Crippen LogP contribution in [0.15, 0.2) is 35.5 Å². The van der Waals surface area contributed by atoms with Gasteiger partial charge in [0.1, 0.15) is 18.1 Å². The third-order valence-corrected chi connectivity index (χ3v) is 6.60. The molecule has 4 atom stereocenters. The van der Waals surface area contributed by atoms with Gasteiger partial charge in [0.25, 0.3) is 0 Å². The van der Waals surface area contributed by atoms with Gasteiger partial charge < -0.3 is 54.1 Å². The van der Waals surface area contributed by atoms with E-state index in [9.17, 15) is 29.1 Å². The molecule has 0 aliphatic heterocycles. The van der Waals surface area contributed by atoms with Crippen molar-refractivity contribution in [2.24, 2.45) is 27.9 Å². The van der Waals surface area contributed by atoms with Crippen LogP contribution in [-0.2, 0) is 30.4 Å². The lowest BCUT2D eigenvalue weighted by Gasteiger charge is -2.25. The quantitative estimate of drug-likeness (QED) is 0.0487. The fourth-order valence-electron chi connectivity index (χ4n) is 4.36. The summed E-state index contributed by atoms with van der Waals surface area (Å²) in [4.78, 5) is 69.3. The molecule has 1 aromatic heterocycles. The van der Waals surface area contributed by atoms with Crippen LogP contribution in [0, 0.1) is 0 Å². The Bertz CT molecular complexity index is 1290. The highest BCUT2D eigenvalue weighted by Gasteiger charge is 2.31. The summed E-state index contributed by atoms with van der Waals surface area (Å²) < 4.78 is 0. The van der Waals surface area contributed by atoms with Crippen LogP contribution in [0.25, 0.3) is 10.9 Å². The second kappa shape index (κ2) is 17.3. The Hall–Kier alpha value is -4.70. The molecule has 0 fully saturated rings. The van der Waals surface area contributed by atoms with Crippen LogP contribution in [0.3, 0.4) is 0 Å². The molecule has 236 valence electrons. The number of carboxylic acids is 2. The number of nitrogens with two attached hydrogens (primary N) is 4. The zero-order chi connectivity index (χ0) is 31.9. The molecule has 2 aromatic rings. The van der Waals surface area contributed by atoms with Gasteiger partial charge in [0, 0.05) is 30.1 Å². The van der Waals surface area contributed by atoms with E-state index >= 15 is 0 Å². The van der Waals surface area contributed by atoms with E-state index in [-0.39, 0.29) is 38.2 Å². The topological polar surface area (TPSA) is 294 Å². The van der Waals surface area contributed by atoms with E-state index in [0.29, 0.717) is 24.9 Å². The molecule has 2 rings (SSSR count). The first-order valence-corrected chi connectivity index (χ1v) is 13.8. The number of amides is 3. The van der Waals surface area contributed by atoms with E-state index in [2.05, 4.69) is 25.9 Å². The van der Waals surface area contributed by atoms with Crippen molar-refractivity contribution in [3.05, 3.63) is 36.0 Å². The number of hydrogen-bond acceptors (Lipinski definition) is 8. The number of carbonyl (C=O) groups excluding carboxylic acids is 3. The SMILES string of the molecule is NCCCCC(NC(=O)C(N)CC(=O)O)C(=O)NC(Cc1c[nH]c2ccccc12)C(=O)NC(CCCN=C(N)N)C(=O)O. The number of rotatable bonds is 19. The molecule has 14 N–H and O–H groups in total. The monoisotopic (exact) mass is 603 g/mol. The number of para-hydroxylation sites is 1. The number of nitrogens with zero attached hydrogens (tertiary/aromatic N) is 1. The predicted octanol–water partition coefficient (Wildman–Crippen LogP) is -1.77. The van der Waals surface area contributed by atoms with E-state index in [1.54, 1.807) is 6.20 Å². The van der Waals surface area contributed by atoms with Crippen LogP contribution < -0.4 is 38.9 Å². The maximum atomic E-state index is 13.5. The molecule has 1 heterocycles. The van der Waals surface area contributed by atoms with Gasteiger partial charge in [0.15, 0.2) is 5.96 Å². The summed E-state index contributed by atoms with van der Waals surface area (Å²) in [7, 11) is 0. The third-order valence-electron chi connectivity index (χ3n) is 6.60. The summed E-state index contributed by atoms with van der Waals surface area (Å²) in [6.45, 7) is 0.498. The van der Waals surface area contributed by atoms with Gasteiger partial charge in [-0.05, 0) is 50.3 Å². The first-order chi connectivity index (χ1) is 20.4. The first kappa shape index (κ1) is 34.5. The summed E-state index contributed by atoms with van der Waals surface area (Å²) in [5, 5.41) is 27.1.